The van der Waals surface area contributed by atoms with Crippen molar-refractivity contribution in [3.8, 4) is 0 Å². The van der Waals surface area contributed by atoms with Crippen LogP contribution in [-0.4, -0.2) is 28.2 Å². The Balaban J connectivity index is 2.76. The van der Waals surface area contributed by atoms with Crippen molar-refractivity contribution in [2.24, 2.45) is 0 Å². The van der Waals surface area contributed by atoms with Crippen LogP contribution in [0, 0.1) is 6.92 Å². The number of alkyl halides is 2. The summed E-state index contributed by atoms with van der Waals surface area (Å²) in [6.07, 6.45) is 2.27. The van der Waals surface area contributed by atoms with Gasteiger partial charge in [0.15, 0.2) is 0 Å². The molecule has 0 radical (unpaired) electrons. The third-order valence-electron chi connectivity index (χ3n) is 2.41. The third-order valence-corrected chi connectivity index (χ3v) is 4.35. The molecule has 1 amide bonds. The number of hydrogen-bond acceptors (Lipinski definition) is 3. The van der Waals surface area contributed by atoms with Crippen LogP contribution in [0.3, 0.4) is 0 Å². The van der Waals surface area contributed by atoms with Crippen LogP contribution in [0.15, 0.2) is 6.20 Å². The molecule has 0 aliphatic carbocycles. The van der Waals surface area contributed by atoms with E-state index in [9.17, 15) is 4.79 Å². The maximum absolute atomic E-state index is 11.9. The Kier molecular flexibility index (Phi) is 5.02. The van der Waals surface area contributed by atoms with Gasteiger partial charge in [-0.3, -0.25) is 4.79 Å². The van der Waals surface area contributed by atoms with Gasteiger partial charge in [0.1, 0.15) is 4.88 Å². The molecule has 0 fully saturated rings. The minimum atomic E-state index is -0.530. The van der Waals surface area contributed by atoms with Crippen molar-refractivity contribution in [2.75, 3.05) is 11.8 Å². The van der Waals surface area contributed by atoms with E-state index in [2.05, 4.69) is 10.3 Å². The number of aromatic nitrogens is 1. The van der Waals surface area contributed by atoms with E-state index >= 15 is 0 Å². The molecule has 3 nitrogen and oxygen atoms in total. The van der Waals surface area contributed by atoms with Crippen molar-refractivity contribution < 1.29 is 4.79 Å². The van der Waals surface area contributed by atoms with E-state index in [1.807, 2.05) is 13.8 Å². The van der Waals surface area contributed by atoms with Crippen molar-refractivity contribution >= 4 is 40.4 Å². The molecule has 0 aliphatic rings. The number of rotatable bonds is 5. The molecule has 1 rings (SSSR count). The van der Waals surface area contributed by atoms with E-state index in [-0.39, 0.29) is 5.91 Å². The van der Waals surface area contributed by atoms with Crippen LogP contribution in [0.5, 0.6) is 0 Å². The zero-order chi connectivity index (χ0) is 12.2. The van der Waals surface area contributed by atoms with Gasteiger partial charge in [-0.25, -0.2) is 4.98 Å². The molecule has 6 heteroatoms. The number of halogens is 2. The molecular weight excluding hydrogens is 267 g/mol. The van der Waals surface area contributed by atoms with Gasteiger partial charge in [0.25, 0.3) is 5.91 Å². The fraction of sp³-hybridized carbons (Fsp3) is 0.600. The molecule has 0 spiro atoms. The zero-order valence-corrected chi connectivity index (χ0v) is 11.5. The predicted molar refractivity (Wildman–Crippen MR) is 68.8 cm³/mol. The first-order valence-electron chi connectivity index (χ1n) is 4.94. The van der Waals surface area contributed by atoms with E-state index in [1.54, 1.807) is 6.20 Å². The van der Waals surface area contributed by atoms with Gasteiger partial charge in [-0.1, -0.05) is 6.92 Å². The highest BCUT2D eigenvalue weighted by atomic mass is 35.5. The van der Waals surface area contributed by atoms with Crippen molar-refractivity contribution in [1.82, 2.24) is 10.3 Å². The van der Waals surface area contributed by atoms with Gasteiger partial charge in [0.2, 0.25) is 0 Å². The smallest absolute Gasteiger partial charge is 0.263 e. The summed E-state index contributed by atoms with van der Waals surface area (Å²) in [5.74, 6) is 0.446. The minimum Gasteiger partial charge on any atom is -0.343 e. The van der Waals surface area contributed by atoms with Gasteiger partial charge >= 0.3 is 0 Å². The van der Waals surface area contributed by atoms with Gasteiger partial charge in [-0.15, -0.1) is 34.5 Å². The van der Waals surface area contributed by atoms with Crippen LogP contribution in [0.1, 0.15) is 28.0 Å². The molecule has 1 heterocycles. The van der Waals surface area contributed by atoms with E-state index in [0.29, 0.717) is 23.1 Å². The summed E-state index contributed by atoms with van der Waals surface area (Å²) in [5, 5.41) is 3.74. The standard InChI is InChI=1S/C10H14Cl2N2OS/c1-3-10(5-11,6-12)14-9(15)8-4-13-7(2)16-8/h4H,3,5-6H2,1-2H3,(H,14,15). The van der Waals surface area contributed by atoms with Crippen LogP contribution >= 0.6 is 34.5 Å². The molecule has 0 saturated carbocycles. The largest absolute Gasteiger partial charge is 0.343 e. The lowest BCUT2D eigenvalue weighted by Gasteiger charge is -2.29. The zero-order valence-electron chi connectivity index (χ0n) is 9.22. The highest BCUT2D eigenvalue weighted by Gasteiger charge is 2.29. The number of aryl methyl sites for hydroxylation is 1. The first-order valence-corrected chi connectivity index (χ1v) is 6.82. The summed E-state index contributed by atoms with van der Waals surface area (Å²) in [6.45, 7) is 3.81. The summed E-state index contributed by atoms with van der Waals surface area (Å²) in [5.41, 5.74) is -0.530. The average molecular weight is 281 g/mol. The minimum absolute atomic E-state index is 0.159. The Hall–Kier alpha value is -0.320. The molecule has 0 aromatic carbocycles. The van der Waals surface area contributed by atoms with E-state index in [4.69, 9.17) is 23.2 Å². The number of nitrogens with zero attached hydrogens (tertiary/aromatic N) is 1. The van der Waals surface area contributed by atoms with E-state index < -0.39 is 5.54 Å². The fourth-order valence-corrected chi connectivity index (χ4v) is 2.62. The lowest BCUT2D eigenvalue weighted by Crippen LogP contribution is -2.51. The van der Waals surface area contributed by atoms with Gasteiger partial charge in [0, 0.05) is 11.8 Å². The highest BCUT2D eigenvalue weighted by molar-refractivity contribution is 7.13. The average Bonchev–Trinajstić information content (AvgIpc) is 2.73. The van der Waals surface area contributed by atoms with Crippen LogP contribution in [0.2, 0.25) is 0 Å². The summed E-state index contributed by atoms with van der Waals surface area (Å²) in [4.78, 5) is 16.5. The fourth-order valence-electron chi connectivity index (χ4n) is 1.15. The van der Waals surface area contributed by atoms with Crippen molar-refractivity contribution in [3.05, 3.63) is 16.1 Å². The lowest BCUT2D eigenvalue weighted by atomic mass is 10.0. The Bertz CT molecular complexity index is 355. The maximum atomic E-state index is 11.9. The van der Waals surface area contributed by atoms with Crippen molar-refractivity contribution in [3.63, 3.8) is 0 Å². The number of amides is 1. The molecule has 1 aromatic rings. The quantitative estimate of drug-likeness (QED) is 0.843. The van der Waals surface area contributed by atoms with E-state index in [1.165, 1.54) is 11.3 Å². The number of thiazole rings is 1. The van der Waals surface area contributed by atoms with Crippen LogP contribution in [0.25, 0.3) is 0 Å². The monoisotopic (exact) mass is 280 g/mol. The first kappa shape index (κ1) is 13.7. The molecule has 0 unspecified atom stereocenters. The van der Waals surface area contributed by atoms with Gasteiger partial charge in [-0.05, 0) is 13.3 Å². The van der Waals surface area contributed by atoms with Crippen LogP contribution in [0.4, 0.5) is 0 Å². The molecule has 1 aromatic heterocycles. The number of hydrogen-bond donors (Lipinski definition) is 1. The second kappa shape index (κ2) is 5.84. The van der Waals surface area contributed by atoms with Crippen molar-refractivity contribution in [2.45, 2.75) is 25.8 Å². The molecule has 0 saturated heterocycles. The summed E-state index contributed by atoms with van der Waals surface area (Å²) >= 11 is 13.1. The Labute approximate surface area is 109 Å². The summed E-state index contributed by atoms with van der Waals surface area (Å²) in [7, 11) is 0. The molecule has 0 aliphatic heterocycles. The molecule has 0 bridgehead atoms. The van der Waals surface area contributed by atoms with Crippen LogP contribution in [-0.2, 0) is 0 Å². The molecule has 1 N–H and O–H groups in total. The topological polar surface area (TPSA) is 42.0 Å². The van der Waals surface area contributed by atoms with Crippen LogP contribution < -0.4 is 5.32 Å². The lowest BCUT2D eigenvalue weighted by molar-refractivity contribution is 0.0917. The summed E-state index contributed by atoms with van der Waals surface area (Å²) < 4.78 is 0. The maximum Gasteiger partial charge on any atom is 0.263 e. The Morgan fingerprint density at radius 2 is 2.19 bits per heavy atom. The number of carbonyl (C=O) groups excluding carboxylic acids is 1. The van der Waals surface area contributed by atoms with Crippen molar-refractivity contribution in [1.29, 1.82) is 0 Å². The van der Waals surface area contributed by atoms with Gasteiger partial charge in [-0.2, -0.15) is 0 Å². The van der Waals surface area contributed by atoms with Gasteiger partial charge in [0.05, 0.1) is 16.7 Å². The Morgan fingerprint density at radius 1 is 1.56 bits per heavy atom. The molecular formula is C10H14Cl2N2OS. The summed E-state index contributed by atoms with van der Waals surface area (Å²) in [6, 6.07) is 0. The Morgan fingerprint density at radius 3 is 2.56 bits per heavy atom. The third kappa shape index (κ3) is 3.09. The predicted octanol–water partition coefficient (Wildman–Crippen LogP) is 2.81. The number of nitrogens with one attached hydrogen (secondary N) is 1. The highest BCUT2D eigenvalue weighted by Crippen LogP contribution is 2.18. The second-order valence-electron chi connectivity index (χ2n) is 3.60. The van der Waals surface area contributed by atoms with E-state index in [0.717, 1.165) is 5.01 Å². The second-order valence-corrected chi connectivity index (χ2v) is 5.37. The molecule has 90 valence electrons. The van der Waals surface area contributed by atoms with Gasteiger partial charge < -0.3 is 5.32 Å². The molecule has 16 heavy (non-hydrogen) atoms. The molecule has 0 atom stereocenters. The first-order chi connectivity index (χ1) is 7.56. The number of carbonyl (C=O) groups is 1. The SMILES string of the molecule is CCC(CCl)(CCl)NC(=O)c1cnc(C)s1. The normalized spacial score (nSPS) is 11.5.